The van der Waals surface area contributed by atoms with Gasteiger partial charge in [-0.25, -0.2) is 13.1 Å². The van der Waals surface area contributed by atoms with Crippen LogP contribution in [0.15, 0.2) is 54.6 Å². The summed E-state index contributed by atoms with van der Waals surface area (Å²) in [5.41, 5.74) is 4.33. The Morgan fingerprint density at radius 1 is 1.14 bits per heavy atom. The van der Waals surface area contributed by atoms with Crippen molar-refractivity contribution < 1.29 is 13.2 Å². The quantitative estimate of drug-likeness (QED) is 0.663. The topological polar surface area (TPSA) is 58.6 Å². The minimum atomic E-state index is -3.19. The van der Waals surface area contributed by atoms with E-state index in [0.717, 1.165) is 41.0 Å². The minimum Gasteiger partial charge on any atom is -0.496 e. The second kappa shape index (κ2) is 10.4. The zero-order valence-electron chi connectivity index (χ0n) is 17.1. The summed E-state index contributed by atoms with van der Waals surface area (Å²) in [4.78, 5) is 2.16. The molecule has 5 nitrogen and oxygen atoms in total. The lowest BCUT2D eigenvalue weighted by Crippen LogP contribution is -2.24. The van der Waals surface area contributed by atoms with Gasteiger partial charge in [0.25, 0.3) is 0 Å². The third-order valence-electron chi connectivity index (χ3n) is 4.34. The van der Waals surface area contributed by atoms with Gasteiger partial charge >= 0.3 is 0 Å². The summed E-state index contributed by atoms with van der Waals surface area (Å²) in [6.45, 7) is 1.33. The monoisotopic (exact) mass is 402 g/mol. The zero-order valence-corrected chi connectivity index (χ0v) is 17.9. The Hall–Kier alpha value is -2.15. The number of ether oxygens (including phenoxy) is 1. The average molecular weight is 403 g/mol. The van der Waals surface area contributed by atoms with Gasteiger partial charge in [0.1, 0.15) is 5.75 Å². The van der Waals surface area contributed by atoms with E-state index in [1.54, 1.807) is 7.11 Å². The molecule has 0 atom stereocenters. The van der Waals surface area contributed by atoms with Gasteiger partial charge in [-0.3, -0.25) is 0 Å². The third kappa shape index (κ3) is 7.11. The average Bonchev–Trinajstić information content (AvgIpc) is 2.65. The van der Waals surface area contributed by atoms with Gasteiger partial charge in [-0.1, -0.05) is 42.5 Å². The Morgan fingerprint density at radius 2 is 1.86 bits per heavy atom. The molecule has 0 radical (unpaired) electrons. The van der Waals surface area contributed by atoms with Crippen LogP contribution in [0.2, 0.25) is 0 Å². The predicted molar refractivity (Wildman–Crippen MR) is 116 cm³/mol. The van der Waals surface area contributed by atoms with Crippen LogP contribution in [0.25, 0.3) is 5.57 Å². The summed E-state index contributed by atoms with van der Waals surface area (Å²) >= 11 is 0. The molecular weight excluding hydrogens is 372 g/mol. The summed E-state index contributed by atoms with van der Waals surface area (Å²) in [5, 5.41) is 0. The number of hydrogen-bond acceptors (Lipinski definition) is 4. The van der Waals surface area contributed by atoms with Gasteiger partial charge in [0.15, 0.2) is 0 Å². The SMILES string of the molecule is COc1ccc(CCNS(C)(=O)=O)cc1/C(=C\CCN(C)C)c1ccccc1. The van der Waals surface area contributed by atoms with E-state index in [4.69, 9.17) is 4.74 Å². The molecule has 0 heterocycles. The standard InChI is InChI=1S/C22H30N2O3S/c1-24(2)16-8-11-20(19-9-6-5-7-10-19)21-17-18(12-13-22(21)27-3)14-15-23-28(4,25)26/h5-7,9-13,17,23H,8,14-16H2,1-4H3/b20-11-. The van der Waals surface area contributed by atoms with Crippen LogP contribution in [0.4, 0.5) is 0 Å². The molecule has 28 heavy (non-hydrogen) atoms. The molecular formula is C22H30N2O3S. The van der Waals surface area contributed by atoms with Crippen LogP contribution in [0, 0.1) is 0 Å². The van der Waals surface area contributed by atoms with E-state index in [-0.39, 0.29) is 0 Å². The van der Waals surface area contributed by atoms with Gasteiger partial charge in [0.05, 0.1) is 13.4 Å². The maximum absolute atomic E-state index is 11.3. The normalized spacial score (nSPS) is 12.4. The lowest BCUT2D eigenvalue weighted by Gasteiger charge is -2.16. The summed E-state index contributed by atoms with van der Waals surface area (Å²) < 4.78 is 30.8. The number of benzene rings is 2. The van der Waals surface area contributed by atoms with Crippen LogP contribution in [0.1, 0.15) is 23.1 Å². The highest BCUT2D eigenvalue weighted by atomic mass is 32.2. The van der Waals surface area contributed by atoms with E-state index in [0.29, 0.717) is 13.0 Å². The van der Waals surface area contributed by atoms with Crippen LogP contribution in [-0.2, 0) is 16.4 Å². The van der Waals surface area contributed by atoms with Gasteiger partial charge in [-0.2, -0.15) is 0 Å². The van der Waals surface area contributed by atoms with E-state index in [2.05, 4.69) is 48.0 Å². The zero-order chi connectivity index (χ0) is 20.6. The summed E-state index contributed by atoms with van der Waals surface area (Å²) in [7, 11) is 2.61. The van der Waals surface area contributed by atoms with Crippen molar-refractivity contribution in [3.8, 4) is 5.75 Å². The molecule has 0 saturated heterocycles. The van der Waals surface area contributed by atoms with Crippen molar-refractivity contribution in [2.45, 2.75) is 12.8 Å². The van der Waals surface area contributed by atoms with Gasteiger partial charge < -0.3 is 9.64 Å². The van der Waals surface area contributed by atoms with Crippen molar-refractivity contribution in [2.24, 2.45) is 0 Å². The Labute approximate surface area is 169 Å². The number of nitrogens with one attached hydrogen (secondary N) is 1. The fraction of sp³-hybridized carbons (Fsp3) is 0.364. The molecule has 0 saturated carbocycles. The minimum absolute atomic E-state index is 0.371. The molecule has 0 fully saturated rings. The molecule has 0 aliphatic heterocycles. The number of hydrogen-bond donors (Lipinski definition) is 1. The molecule has 0 aromatic heterocycles. The predicted octanol–water partition coefficient (Wildman–Crippen LogP) is 3.17. The number of nitrogens with zero attached hydrogens (tertiary/aromatic N) is 1. The lowest BCUT2D eigenvalue weighted by molar-refractivity contribution is 0.413. The smallest absolute Gasteiger partial charge is 0.208 e. The van der Waals surface area contributed by atoms with Gasteiger partial charge in [-0.05, 0) is 55.8 Å². The Balaban J connectivity index is 2.38. The molecule has 0 unspecified atom stereocenters. The van der Waals surface area contributed by atoms with E-state index in [1.807, 2.05) is 30.3 Å². The Bertz CT molecular complexity index is 891. The molecule has 152 valence electrons. The molecule has 0 amide bonds. The van der Waals surface area contributed by atoms with Gasteiger partial charge in [0.2, 0.25) is 10.0 Å². The fourth-order valence-electron chi connectivity index (χ4n) is 2.97. The van der Waals surface area contributed by atoms with Crippen molar-refractivity contribution in [3.63, 3.8) is 0 Å². The van der Waals surface area contributed by atoms with Crippen molar-refractivity contribution >= 4 is 15.6 Å². The number of sulfonamides is 1. The summed E-state index contributed by atoms with van der Waals surface area (Å²) in [6, 6.07) is 16.3. The second-order valence-electron chi connectivity index (χ2n) is 7.03. The van der Waals surface area contributed by atoms with E-state index < -0.39 is 10.0 Å². The molecule has 0 aliphatic carbocycles. The third-order valence-corrected chi connectivity index (χ3v) is 5.07. The molecule has 0 aliphatic rings. The lowest BCUT2D eigenvalue weighted by atomic mass is 9.94. The molecule has 2 aromatic carbocycles. The number of rotatable bonds is 10. The van der Waals surface area contributed by atoms with Crippen LogP contribution >= 0.6 is 0 Å². The highest BCUT2D eigenvalue weighted by Crippen LogP contribution is 2.32. The molecule has 6 heteroatoms. The van der Waals surface area contributed by atoms with E-state index in [1.165, 1.54) is 6.26 Å². The number of methoxy groups -OCH3 is 1. The van der Waals surface area contributed by atoms with Crippen LogP contribution in [0.3, 0.4) is 0 Å². The van der Waals surface area contributed by atoms with Crippen molar-refractivity contribution in [1.29, 1.82) is 0 Å². The van der Waals surface area contributed by atoms with E-state index >= 15 is 0 Å². The highest BCUT2D eigenvalue weighted by molar-refractivity contribution is 7.88. The van der Waals surface area contributed by atoms with Crippen molar-refractivity contribution in [2.75, 3.05) is 40.6 Å². The maximum atomic E-state index is 11.3. The largest absolute Gasteiger partial charge is 0.496 e. The molecule has 1 N–H and O–H groups in total. The molecule has 2 rings (SSSR count). The molecule has 2 aromatic rings. The highest BCUT2D eigenvalue weighted by Gasteiger charge is 2.12. The fourth-order valence-corrected chi connectivity index (χ4v) is 3.44. The van der Waals surface area contributed by atoms with Gasteiger partial charge in [-0.15, -0.1) is 0 Å². The molecule has 0 bridgehead atoms. The summed E-state index contributed by atoms with van der Waals surface area (Å²) in [6.07, 6.45) is 4.95. The summed E-state index contributed by atoms with van der Waals surface area (Å²) in [5.74, 6) is 0.805. The first-order valence-corrected chi connectivity index (χ1v) is 11.2. The van der Waals surface area contributed by atoms with E-state index in [9.17, 15) is 8.42 Å². The second-order valence-corrected chi connectivity index (χ2v) is 8.86. The van der Waals surface area contributed by atoms with Crippen molar-refractivity contribution in [1.82, 2.24) is 9.62 Å². The van der Waals surface area contributed by atoms with Crippen LogP contribution in [0.5, 0.6) is 5.75 Å². The molecule has 0 spiro atoms. The van der Waals surface area contributed by atoms with Crippen molar-refractivity contribution in [3.05, 3.63) is 71.3 Å². The van der Waals surface area contributed by atoms with Crippen LogP contribution in [-0.4, -0.2) is 53.9 Å². The Morgan fingerprint density at radius 3 is 2.46 bits per heavy atom. The first-order valence-electron chi connectivity index (χ1n) is 9.32. The van der Waals surface area contributed by atoms with Gasteiger partial charge in [0, 0.05) is 18.7 Å². The maximum Gasteiger partial charge on any atom is 0.208 e. The first-order chi connectivity index (χ1) is 13.3. The first kappa shape index (κ1) is 22.1. The Kier molecular flexibility index (Phi) is 8.23. The van der Waals surface area contributed by atoms with Crippen LogP contribution < -0.4 is 9.46 Å².